The SMILES string of the molecule is CCCCSC1CCCC(NC(C)C)(C(N)=O)C1. The van der Waals surface area contributed by atoms with E-state index in [-0.39, 0.29) is 5.91 Å². The van der Waals surface area contributed by atoms with E-state index in [0.29, 0.717) is 11.3 Å². The minimum atomic E-state index is -0.462. The van der Waals surface area contributed by atoms with Gasteiger partial charge in [0, 0.05) is 11.3 Å². The number of carbonyl (C=O) groups excluding carboxylic acids is 1. The van der Waals surface area contributed by atoms with Crippen LogP contribution in [0.25, 0.3) is 0 Å². The number of hydrogen-bond donors (Lipinski definition) is 2. The summed E-state index contributed by atoms with van der Waals surface area (Å²) in [5, 5.41) is 4.01. The van der Waals surface area contributed by atoms with Gasteiger partial charge in [0.05, 0.1) is 5.54 Å². The molecule has 1 fully saturated rings. The van der Waals surface area contributed by atoms with Gasteiger partial charge >= 0.3 is 0 Å². The Kier molecular flexibility index (Phi) is 6.50. The summed E-state index contributed by atoms with van der Waals surface area (Å²) in [6, 6.07) is 0.303. The summed E-state index contributed by atoms with van der Waals surface area (Å²) in [5.74, 6) is 1.04. The van der Waals surface area contributed by atoms with Crippen LogP contribution >= 0.6 is 11.8 Å². The molecule has 1 aliphatic carbocycles. The topological polar surface area (TPSA) is 55.1 Å². The first kappa shape index (κ1) is 15.8. The lowest BCUT2D eigenvalue weighted by Crippen LogP contribution is -2.60. The van der Waals surface area contributed by atoms with Crippen molar-refractivity contribution in [3.8, 4) is 0 Å². The van der Waals surface area contributed by atoms with Gasteiger partial charge in [-0.25, -0.2) is 0 Å². The molecule has 1 aliphatic rings. The molecule has 0 heterocycles. The highest BCUT2D eigenvalue weighted by Crippen LogP contribution is 2.35. The molecule has 1 rings (SSSR count). The number of thioether (sulfide) groups is 1. The third-order valence-corrected chi connectivity index (χ3v) is 4.99. The van der Waals surface area contributed by atoms with Gasteiger partial charge in [0.1, 0.15) is 0 Å². The molecular weight excluding hydrogens is 244 g/mol. The normalized spacial score (nSPS) is 28.6. The first-order valence-electron chi connectivity index (χ1n) is 7.19. The van der Waals surface area contributed by atoms with E-state index < -0.39 is 5.54 Å². The van der Waals surface area contributed by atoms with Crippen LogP contribution in [0.4, 0.5) is 0 Å². The van der Waals surface area contributed by atoms with Gasteiger partial charge in [0.15, 0.2) is 0 Å². The van der Waals surface area contributed by atoms with Crippen LogP contribution in [-0.4, -0.2) is 28.5 Å². The molecule has 0 aliphatic heterocycles. The second kappa shape index (κ2) is 7.39. The van der Waals surface area contributed by atoms with E-state index in [1.54, 1.807) is 0 Å². The summed E-state index contributed by atoms with van der Waals surface area (Å²) in [5.41, 5.74) is 5.19. The minimum absolute atomic E-state index is 0.169. The van der Waals surface area contributed by atoms with Crippen molar-refractivity contribution in [3.05, 3.63) is 0 Å². The van der Waals surface area contributed by atoms with Crippen LogP contribution in [0.5, 0.6) is 0 Å². The average Bonchev–Trinajstić information content (AvgIpc) is 2.28. The van der Waals surface area contributed by atoms with Crippen molar-refractivity contribution in [2.24, 2.45) is 5.73 Å². The molecule has 0 spiro atoms. The van der Waals surface area contributed by atoms with Gasteiger partial charge < -0.3 is 11.1 Å². The molecule has 0 bridgehead atoms. The van der Waals surface area contributed by atoms with Crippen LogP contribution in [0, 0.1) is 0 Å². The predicted octanol–water partition coefficient (Wildman–Crippen LogP) is 2.68. The van der Waals surface area contributed by atoms with E-state index in [4.69, 9.17) is 5.73 Å². The van der Waals surface area contributed by atoms with E-state index in [9.17, 15) is 4.79 Å². The number of primary amides is 1. The van der Waals surface area contributed by atoms with Crippen LogP contribution in [0.2, 0.25) is 0 Å². The van der Waals surface area contributed by atoms with Crippen molar-refractivity contribution < 1.29 is 4.79 Å². The molecule has 1 saturated carbocycles. The molecule has 0 aromatic carbocycles. The van der Waals surface area contributed by atoms with Crippen LogP contribution in [0.3, 0.4) is 0 Å². The second-order valence-electron chi connectivity index (χ2n) is 5.69. The van der Waals surface area contributed by atoms with Crippen molar-refractivity contribution in [2.45, 2.75) is 76.1 Å². The summed E-state index contributed by atoms with van der Waals surface area (Å²) in [6.07, 6.45) is 6.63. The van der Waals surface area contributed by atoms with Crippen LogP contribution in [-0.2, 0) is 4.79 Å². The number of carbonyl (C=O) groups is 1. The van der Waals surface area contributed by atoms with Crippen molar-refractivity contribution >= 4 is 17.7 Å². The van der Waals surface area contributed by atoms with Crippen LogP contribution in [0.1, 0.15) is 59.3 Å². The molecule has 1 amide bonds. The molecule has 4 heteroatoms. The Morgan fingerprint density at radius 1 is 1.56 bits per heavy atom. The van der Waals surface area contributed by atoms with Gasteiger partial charge in [-0.2, -0.15) is 11.8 Å². The first-order valence-corrected chi connectivity index (χ1v) is 8.24. The Bertz CT molecular complexity index is 271. The Morgan fingerprint density at radius 3 is 2.83 bits per heavy atom. The van der Waals surface area contributed by atoms with Crippen molar-refractivity contribution in [1.29, 1.82) is 0 Å². The fourth-order valence-corrected chi connectivity index (χ4v) is 4.26. The lowest BCUT2D eigenvalue weighted by Gasteiger charge is -2.40. The predicted molar refractivity (Wildman–Crippen MR) is 79.8 cm³/mol. The highest BCUT2D eigenvalue weighted by molar-refractivity contribution is 7.99. The fraction of sp³-hybridized carbons (Fsp3) is 0.929. The van der Waals surface area contributed by atoms with E-state index in [0.717, 1.165) is 19.3 Å². The van der Waals surface area contributed by atoms with Gasteiger partial charge in [-0.15, -0.1) is 0 Å². The van der Waals surface area contributed by atoms with Gasteiger partial charge in [0.25, 0.3) is 0 Å². The maximum atomic E-state index is 11.8. The smallest absolute Gasteiger partial charge is 0.237 e. The van der Waals surface area contributed by atoms with E-state index >= 15 is 0 Å². The van der Waals surface area contributed by atoms with E-state index in [1.807, 2.05) is 11.8 Å². The summed E-state index contributed by atoms with van der Waals surface area (Å²) in [6.45, 7) is 6.38. The number of rotatable bonds is 7. The fourth-order valence-electron chi connectivity index (χ4n) is 2.74. The molecular formula is C14H28N2OS. The molecule has 0 aromatic heterocycles. The summed E-state index contributed by atoms with van der Waals surface area (Å²) >= 11 is 2.02. The van der Waals surface area contributed by atoms with Gasteiger partial charge in [-0.1, -0.05) is 13.3 Å². The van der Waals surface area contributed by atoms with Gasteiger partial charge in [-0.05, 0) is 51.7 Å². The van der Waals surface area contributed by atoms with Gasteiger partial charge in [-0.3, -0.25) is 4.79 Å². The Labute approximate surface area is 116 Å². The number of nitrogens with two attached hydrogens (primary N) is 1. The molecule has 0 radical (unpaired) electrons. The zero-order valence-electron chi connectivity index (χ0n) is 12.0. The third-order valence-electron chi connectivity index (χ3n) is 3.59. The molecule has 18 heavy (non-hydrogen) atoms. The summed E-state index contributed by atoms with van der Waals surface area (Å²) < 4.78 is 0. The van der Waals surface area contributed by atoms with Gasteiger partial charge in [0.2, 0.25) is 5.91 Å². The highest BCUT2D eigenvalue weighted by atomic mass is 32.2. The van der Waals surface area contributed by atoms with Crippen LogP contribution in [0.15, 0.2) is 0 Å². The number of amides is 1. The number of hydrogen-bond acceptors (Lipinski definition) is 3. The molecule has 2 atom stereocenters. The lowest BCUT2D eigenvalue weighted by molar-refractivity contribution is -0.126. The molecule has 0 aromatic rings. The Balaban J connectivity index is 2.59. The summed E-state index contributed by atoms with van der Waals surface area (Å²) in [7, 11) is 0. The monoisotopic (exact) mass is 272 g/mol. The summed E-state index contributed by atoms with van der Waals surface area (Å²) in [4.78, 5) is 11.8. The molecule has 0 saturated heterocycles. The lowest BCUT2D eigenvalue weighted by atomic mass is 9.80. The molecule has 3 N–H and O–H groups in total. The van der Waals surface area contributed by atoms with E-state index in [1.165, 1.54) is 25.0 Å². The molecule has 106 valence electrons. The minimum Gasteiger partial charge on any atom is -0.368 e. The Morgan fingerprint density at radius 2 is 2.28 bits per heavy atom. The molecule has 3 nitrogen and oxygen atoms in total. The van der Waals surface area contributed by atoms with Crippen molar-refractivity contribution in [1.82, 2.24) is 5.32 Å². The zero-order valence-corrected chi connectivity index (χ0v) is 12.8. The highest BCUT2D eigenvalue weighted by Gasteiger charge is 2.41. The molecule has 2 unspecified atom stereocenters. The number of nitrogens with one attached hydrogen (secondary N) is 1. The van der Waals surface area contributed by atoms with Crippen molar-refractivity contribution in [2.75, 3.05) is 5.75 Å². The average molecular weight is 272 g/mol. The standard InChI is InChI=1S/C14H28N2OS/c1-4-5-9-18-12-7-6-8-14(10-12,13(15)17)16-11(2)3/h11-12,16H,4-10H2,1-3H3,(H2,15,17). The maximum absolute atomic E-state index is 11.8. The quantitative estimate of drug-likeness (QED) is 0.701. The van der Waals surface area contributed by atoms with Crippen molar-refractivity contribution in [3.63, 3.8) is 0 Å². The number of unbranched alkanes of at least 4 members (excludes halogenated alkanes) is 1. The zero-order chi connectivity index (χ0) is 13.6. The largest absolute Gasteiger partial charge is 0.368 e. The van der Waals surface area contributed by atoms with Crippen LogP contribution < -0.4 is 11.1 Å². The third kappa shape index (κ3) is 4.47. The second-order valence-corrected chi connectivity index (χ2v) is 7.10. The first-order chi connectivity index (χ1) is 8.50. The van der Waals surface area contributed by atoms with E-state index in [2.05, 4.69) is 26.1 Å². The Hall–Kier alpha value is -0.220. The maximum Gasteiger partial charge on any atom is 0.237 e.